The second-order valence-electron chi connectivity index (χ2n) is 6.39. The number of hydrogen-bond acceptors (Lipinski definition) is 4. The number of anilines is 1. The minimum atomic E-state index is -0.154. The maximum Gasteiger partial charge on any atom is 0.255 e. The van der Waals surface area contributed by atoms with Crippen molar-refractivity contribution in [3.8, 4) is 5.75 Å². The standard InChI is InChI=1S/C24H25NO3S/c1-3-28-22-14-13-19(24(26)25-21-11-7-8-12-23(21)29-2)15-20(22)17-27-16-18-9-5-4-6-10-18/h4-15H,3,16-17H2,1-2H3,(H,25,26). The van der Waals surface area contributed by atoms with Gasteiger partial charge in [0.05, 0.1) is 25.5 Å². The fourth-order valence-electron chi connectivity index (χ4n) is 2.93. The Labute approximate surface area is 176 Å². The van der Waals surface area contributed by atoms with Crippen LogP contribution in [-0.2, 0) is 18.0 Å². The number of hydrogen-bond donors (Lipinski definition) is 1. The van der Waals surface area contributed by atoms with E-state index in [9.17, 15) is 4.79 Å². The van der Waals surface area contributed by atoms with Crippen LogP contribution in [0, 0.1) is 0 Å². The molecule has 0 aliphatic heterocycles. The van der Waals surface area contributed by atoms with Gasteiger partial charge in [0.15, 0.2) is 0 Å². The molecular formula is C24H25NO3S. The first-order chi connectivity index (χ1) is 14.2. The van der Waals surface area contributed by atoms with Crippen molar-refractivity contribution in [1.29, 1.82) is 0 Å². The third kappa shape index (κ3) is 5.86. The van der Waals surface area contributed by atoms with Gasteiger partial charge >= 0.3 is 0 Å². The van der Waals surface area contributed by atoms with Crippen LogP contribution in [0.3, 0.4) is 0 Å². The molecule has 3 aromatic rings. The van der Waals surface area contributed by atoms with Crippen molar-refractivity contribution in [2.45, 2.75) is 25.0 Å². The lowest BCUT2D eigenvalue weighted by molar-refractivity contribution is 0.101. The summed E-state index contributed by atoms with van der Waals surface area (Å²) in [5, 5.41) is 3.00. The molecule has 1 N–H and O–H groups in total. The van der Waals surface area contributed by atoms with Crippen molar-refractivity contribution in [1.82, 2.24) is 0 Å². The Balaban J connectivity index is 1.73. The maximum atomic E-state index is 12.8. The summed E-state index contributed by atoms with van der Waals surface area (Å²) in [6.45, 7) is 3.36. The van der Waals surface area contributed by atoms with Gasteiger partial charge in [-0.3, -0.25) is 4.79 Å². The molecule has 0 spiro atoms. The number of rotatable bonds is 9. The van der Waals surface area contributed by atoms with E-state index in [0.29, 0.717) is 25.4 Å². The van der Waals surface area contributed by atoms with E-state index in [1.807, 2.05) is 79.9 Å². The van der Waals surface area contributed by atoms with Gasteiger partial charge in [-0.2, -0.15) is 0 Å². The van der Waals surface area contributed by atoms with Crippen molar-refractivity contribution in [2.24, 2.45) is 0 Å². The predicted molar refractivity (Wildman–Crippen MR) is 119 cm³/mol. The largest absolute Gasteiger partial charge is 0.494 e. The van der Waals surface area contributed by atoms with Crippen LogP contribution >= 0.6 is 11.8 Å². The van der Waals surface area contributed by atoms with Gasteiger partial charge in [0.1, 0.15) is 5.75 Å². The Morgan fingerprint density at radius 1 is 0.966 bits per heavy atom. The Morgan fingerprint density at radius 2 is 1.72 bits per heavy atom. The highest BCUT2D eigenvalue weighted by molar-refractivity contribution is 7.98. The molecular weight excluding hydrogens is 382 g/mol. The van der Waals surface area contributed by atoms with Gasteiger partial charge in [0, 0.05) is 16.0 Å². The second-order valence-corrected chi connectivity index (χ2v) is 7.24. The molecule has 0 saturated heterocycles. The van der Waals surface area contributed by atoms with Crippen molar-refractivity contribution in [2.75, 3.05) is 18.2 Å². The molecule has 0 aromatic heterocycles. The van der Waals surface area contributed by atoms with Gasteiger partial charge in [-0.15, -0.1) is 11.8 Å². The number of amides is 1. The molecule has 3 aromatic carbocycles. The zero-order valence-electron chi connectivity index (χ0n) is 16.7. The van der Waals surface area contributed by atoms with Crippen LogP contribution in [0.2, 0.25) is 0 Å². The minimum absolute atomic E-state index is 0.154. The van der Waals surface area contributed by atoms with Crippen LogP contribution < -0.4 is 10.1 Å². The number of carbonyl (C=O) groups is 1. The number of thioether (sulfide) groups is 1. The second kappa shape index (κ2) is 10.7. The minimum Gasteiger partial charge on any atom is -0.494 e. The summed E-state index contributed by atoms with van der Waals surface area (Å²) in [5.74, 6) is 0.584. The average Bonchev–Trinajstić information content (AvgIpc) is 2.76. The lowest BCUT2D eigenvalue weighted by atomic mass is 10.1. The van der Waals surface area contributed by atoms with E-state index >= 15 is 0 Å². The van der Waals surface area contributed by atoms with E-state index in [1.165, 1.54) is 0 Å². The Morgan fingerprint density at radius 3 is 2.48 bits per heavy atom. The molecule has 0 heterocycles. The number of para-hydroxylation sites is 1. The molecule has 29 heavy (non-hydrogen) atoms. The lowest BCUT2D eigenvalue weighted by Gasteiger charge is -2.14. The number of ether oxygens (including phenoxy) is 2. The van der Waals surface area contributed by atoms with Crippen LogP contribution in [-0.4, -0.2) is 18.8 Å². The topological polar surface area (TPSA) is 47.6 Å². The molecule has 0 saturated carbocycles. The summed E-state index contributed by atoms with van der Waals surface area (Å²) in [5.41, 5.74) is 3.34. The highest BCUT2D eigenvalue weighted by Crippen LogP contribution is 2.26. The normalized spacial score (nSPS) is 10.6. The molecule has 0 radical (unpaired) electrons. The number of benzene rings is 3. The molecule has 0 atom stereocenters. The van der Waals surface area contributed by atoms with E-state index < -0.39 is 0 Å². The van der Waals surface area contributed by atoms with Gasteiger partial charge in [-0.1, -0.05) is 42.5 Å². The Kier molecular flexibility index (Phi) is 7.73. The molecule has 0 unspecified atom stereocenters. The van der Waals surface area contributed by atoms with Crippen LogP contribution in [0.25, 0.3) is 0 Å². The van der Waals surface area contributed by atoms with Crippen LogP contribution in [0.1, 0.15) is 28.4 Å². The van der Waals surface area contributed by atoms with Crippen molar-refractivity contribution < 1.29 is 14.3 Å². The predicted octanol–water partition coefficient (Wildman–Crippen LogP) is 5.78. The zero-order valence-corrected chi connectivity index (χ0v) is 17.5. The molecule has 0 bridgehead atoms. The van der Waals surface area contributed by atoms with E-state index in [2.05, 4.69) is 5.32 Å². The van der Waals surface area contributed by atoms with Crippen LogP contribution in [0.4, 0.5) is 5.69 Å². The average molecular weight is 408 g/mol. The summed E-state index contributed by atoms with van der Waals surface area (Å²) >= 11 is 1.60. The Hall–Kier alpha value is -2.76. The summed E-state index contributed by atoms with van der Waals surface area (Å²) in [7, 11) is 0. The molecule has 150 valence electrons. The fraction of sp³-hybridized carbons (Fsp3) is 0.208. The highest BCUT2D eigenvalue weighted by Gasteiger charge is 2.13. The molecule has 0 aliphatic rings. The molecule has 0 aliphatic carbocycles. The first-order valence-corrected chi connectivity index (χ1v) is 10.8. The van der Waals surface area contributed by atoms with Crippen LogP contribution in [0.15, 0.2) is 77.7 Å². The summed E-state index contributed by atoms with van der Waals surface area (Å²) in [4.78, 5) is 13.8. The Bertz CT molecular complexity index is 944. The van der Waals surface area contributed by atoms with Crippen molar-refractivity contribution in [3.63, 3.8) is 0 Å². The zero-order chi connectivity index (χ0) is 20.5. The lowest BCUT2D eigenvalue weighted by Crippen LogP contribution is -2.13. The van der Waals surface area contributed by atoms with Crippen LogP contribution in [0.5, 0.6) is 5.75 Å². The smallest absolute Gasteiger partial charge is 0.255 e. The van der Waals surface area contributed by atoms with E-state index in [4.69, 9.17) is 9.47 Å². The first-order valence-electron chi connectivity index (χ1n) is 9.53. The van der Waals surface area contributed by atoms with Gasteiger partial charge in [-0.05, 0) is 49.1 Å². The fourth-order valence-corrected chi connectivity index (χ4v) is 3.48. The third-order valence-corrected chi connectivity index (χ3v) is 5.14. The van der Waals surface area contributed by atoms with Crippen molar-refractivity contribution in [3.05, 3.63) is 89.5 Å². The van der Waals surface area contributed by atoms with E-state index in [0.717, 1.165) is 27.5 Å². The molecule has 3 rings (SSSR count). The van der Waals surface area contributed by atoms with Gasteiger partial charge in [0.25, 0.3) is 5.91 Å². The van der Waals surface area contributed by atoms with Gasteiger partial charge in [-0.25, -0.2) is 0 Å². The molecule has 4 nitrogen and oxygen atoms in total. The molecule has 1 amide bonds. The maximum absolute atomic E-state index is 12.8. The summed E-state index contributed by atoms with van der Waals surface area (Å²) in [6.07, 6.45) is 1.99. The van der Waals surface area contributed by atoms with Gasteiger partial charge < -0.3 is 14.8 Å². The monoisotopic (exact) mass is 407 g/mol. The third-order valence-electron chi connectivity index (χ3n) is 4.35. The summed E-state index contributed by atoms with van der Waals surface area (Å²) in [6, 6.07) is 23.2. The van der Waals surface area contributed by atoms with Crippen molar-refractivity contribution >= 4 is 23.4 Å². The quantitative estimate of drug-likeness (QED) is 0.457. The molecule has 5 heteroatoms. The summed E-state index contributed by atoms with van der Waals surface area (Å²) < 4.78 is 11.6. The van der Waals surface area contributed by atoms with Gasteiger partial charge in [0.2, 0.25) is 0 Å². The highest BCUT2D eigenvalue weighted by atomic mass is 32.2. The molecule has 0 fully saturated rings. The number of carbonyl (C=O) groups excluding carboxylic acids is 1. The van der Waals surface area contributed by atoms with E-state index in [-0.39, 0.29) is 5.91 Å². The first kappa shape index (κ1) is 21.0. The van der Waals surface area contributed by atoms with E-state index in [1.54, 1.807) is 17.8 Å². The number of nitrogens with one attached hydrogen (secondary N) is 1. The SMILES string of the molecule is CCOc1ccc(C(=O)Nc2ccccc2SC)cc1COCc1ccccc1.